The quantitative estimate of drug-likeness (QED) is 0.603. The predicted molar refractivity (Wildman–Crippen MR) is 42.0 cm³/mol. The van der Waals surface area contributed by atoms with E-state index < -0.39 is 0 Å². The fourth-order valence-electron chi connectivity index (χ4n) is 0.516. The van der Waals surface area contributed by atoms with Crippen LogP contribution in [0.2, 0.25) is 5.15 Å². The van der Waals surface area contributed by atoms with Crippen molar-refractivity contribution in [3.8, 4) is 0 Å². The molecule has 1 N–H and O–H groups in total. The summed E-state index contributed by atoms with van der Waals surface area (Å²) in [6, 6.07) is 1.36. The summed E-state index contributed by atoms with van der Waals surface area (Å²) in [5.41, 5.74) is 0.0290. The SMILES string of the molecule is O=[N+](O)c1cnc(Cl)c(Br)c1. The average molecular weight is 238 g/mol. The van der Waals surface area contributed by atoms with Crippen LogP contribution in [0.1, 0.15) is 0 Å². The molecule has 1 aromatic rings. The first-order chi connectivity index (χ1) is 5.11. The van der Waals surface area contributed by atoms with E-state index in [1.807, 2.05) is 0 Å². The van der Waals surface area contributed by atoms with Crippen molar-refractivity contribution < 1.29 is 10.1 Å². The number of hydrogen-bond acceptors (Lipinski definition) is 2. The molecule has 11 heavy (non-hydrogen) atoms. The van der Waals surface area contributed by atoms with E-state index in [1.54, 1.807) is 0 Å². The van der Waals surface area contributed by atoms with Crippen molar-refractivity contribution in [2.45, 2.75) is 0 Å². The van der Waals surface area contributed by atoms with Crippen molar-refractivity contribution >= 4 is 33.2 Å². The van der Waals surface area contributed by atoms with Crippen molar-refractivity contribution in [2.24, 2.45) is 0 Å². The molecule has 0 bridgehead atoms. The lowest BCUT2D eigenvalue weighted by Gasteiger charge is -1.89. The van der Waals surface area contributed by atoms with Gasteiger partial charge in [0.1, 0.15) is 11.3 Å². The summed E-state index contributed by atoms with van der Waals surface area (Å²) >= 11 is 8.57. The molecule has 0 radical (unpaired) electrons. The second-order valence-electron chi connectivity index (χ2n) is 1.74. The highest BCUT2D eigenvalue weighted by Gasteiger charge is 2.13. The van der Waals surface area contributed by atoms with Crippen LogP contribution in [0.4, 0.5) is 5.69 Å². The molecule has 1 heterocycles. The van der Waals surface area contributed by atoms with E-state index in [1.165, 1.54) is 12.3 Å². The van der Waals surface area contributed by atoms with Crippen LogP contribution < -0.4 is 0 Å². The van der Waals surface area contributed by atoms with Gasteiger partial charge in [0.2, 0.25) is 0 Å². The summed E-state index contributed by atoms with van der Waals surface area (Å²) in [7, 11) is 0. The van der Waals surface area contributed by atoms with E-state index >= 15 is 0 Å². The first-order valence-corrected chi connectivity index (χ1v) is 3.75. The molecule has 4 nitrogen and oxygen atoms in total. The van der Waals surface area contributed by atoms with Crippen molar-refractivity contribution in [1.82, 2.24) is 4.98 Å². The lowest BCUT2D eigenvalue weighted by molar-refractivity contribution is -0.729. The molecule has 0 saturated carbocycles. The Balaban J connectivity index is 3.15. The molecule has 0 spiro atoms. The van der Waals surface area contributed by atoms with Gasteiger partial charge in [-0.3, -0.25) is 0 Å². The first kappa shape index (κ1) is 8.42. The number of aromatic nitrogens is 1. The Morgan fingerprint density at radius 1 is 1.73 bits per heavy atom. The highest BCUT2D eigenvalue weighted by Crippen LogP contribution is 2.23. The van der Waals surface area contributed by atoms with Crippen molar-refractivity contribution in [3.63, 3.8) is 0 Å². The van der Waals surface area contributed by atoms with Crippen molar-refractivity contribution in [2.75, 3.05) is 0 Å². The maximum atomic E-state index is 10.3. The van der Waals surface area contributed by atoms with Gasteiger partial charge in [0.05, 0.1) is 9.38 Å². The van der Waals surface area contributed by atoms with E-state index in [4.69, 9.17) is 16.8 Å². The second kappa shape index (κ2) is 3.15. The third-order valence-electron chi connectivity index (χ3n) is 1.00. The number of halogens is 2. The molecule has 0 atom stereocenters. The Morgan fingerprint density at radius 2 is 2.36 bits per heavy atom. The third-order valence-corrected chi connectivity index (χ3v) is 2.14. The summed E-state index contributed by atoms with van der Waals surface area (Å²) in [5, 5.41) is 8.66. The van der Waals surface area contributed by atoms with Crippen LogP contribution in [-0.2, 0) is 0 Å². The van der Waals surface area contributed by atoms with Crippen molar-refractivity contribution in [3.05, 3.63) is 26.8 Å². The van der Waals surface area contributed by atoms with E-state index in [-0.39, 0.29) is 15.8 Å². The Kier molecular flexibility index (Phi) is 2.41. The van der Waals surface area contributed by atoms with Crippen LogP contribution in [0, 0.1) is 4.91 Å². The number of nitrogens with zero attached hydrogens (tertiary/aromatic N) is 2. The number of rotatable bonds is 1. The minimum atomic E-state index is -0.284. The molecule has 6 heteroatoms. The van der Waals surface area contributed by atoms with Gasteiger partial charge >= 0.3 is 5.69 Å². The first-order valence-electron chi connectivity index (χ1n) is 2.58. The Morgan fingerprint density at radius 3 is 2.82 bits per heavy atom. The summed E-state index contributed by atoms with van der Waals surface area (Å²) in [5.74, 6) is 0. The lowest BCUT2D eigenvalue weighted by Crippen LogP contribution is -1.92. The van der Waals surface area contributed by atoms with Crippen LogP contribution in [-0.4, -0.2) is 15.1 Å². The monoisotopic (exact) mass is 237 g/mol. The Labute approximate surface area is 75.5 Å². The van der Waals surface area contributed by atoms with E-state index in [9.17, 15) is 4.91 Å². The average Bonchev–Trinajstić information content (AvgIpc) is 1.94. The number of pyridine rings is 1. The summed E-state index contributed by atoms with van der Waals surface area (Å²) in [6.45, 7) is 0. The van der Waals surface area contributed by atoms with Gasteiger partial charge in [-0.2, -0.15) is 0 Å². The standard InChI is InChI=1S/C5H3BrClN2O2/c6-4-1-3(9(10)11)2-8-5(4)7/h1-2H,(H,10,11)/q+1. The molecule has 0 aliphatic carbocycles. The van der Waals surface area contributed by atoms with Gasteiger partial charge in [0, 0.05) is 6.07 Å². The zero-order valence-corrected chi connectivity index (χ0v) is 7.50. The fourth-order valence-corrected chi connectivity index (χ4v) is 0.956. The molecule has 0 aromatic carbocycles. The predicted octanol–water partition coefficient (Wildman–Crippen LogP) is 2.30. The summed E-state index contributed by atoms with van der Waals surface area (Å²) in [6.07, 6.45) is 1.17. The van der Waals surface area contributed by atoms with Gasteiger partial charge in [-0.15, -0.1) is 0 Å². The van der Waals surface area contributed by atoms with Gasteiger partial charge in [0.15, 0.2) is 0 Å². The van der Waals surface area contributed by atoms with Crippen LogP contribution >= 0.6 is 27.5 Å². The summed E-state index contributed by atoms with van der Waals surface area (Å²) < 4.78 is 0.464. The Hall–Kier alpha value is -0.680. The highest BCUT2D eigenvalue weighted by molar-refractivity contribution is 9.10. The second-order valence-corrected chi connectivity index (χ2v) is 2.95. The van der Waals surface area contributed by atoms with Gasteiger partial charge in [-0.25, -0.2) is 10.2 Å². The molecule has 0 aliphatic heterocycles. The molecular formula is C5H3BrClN2O2+. The molecule has 0 aliphatic rings. The molecule has 0 saturated heterocycles. The molecule has 0 fully saturated rings. The Bertz CT molecular complexity index is 305. The van der Waals surface area contributed by atoms with Gasteiger partial charge in [-0.1, -0.05) is 11.6 Å². The molecule has 0 amide bonds. The normalized spacial score (nSPS) is 9.64. The maximum absolute atomic E-state index is 10.3. The molecule has 0 unspecified atom stereocenters. The molecule has 58 valence electrons. The van der Waals surface area contributed by atoms with Crippen LogP contribution in [0.15, 0.2) is 16.7 Å². The van der Waals surface area contributed by atoms with E-state index in [0.29, 0.717) is 4.47 Å². The molecular weight excluding hydrogens is 235 g/mol. The topological polar surface area (TPSA) is 53.2 Å². The maximum Gasteiger partial charge on any atom is 0.335 e. The third kappa shape index (κ3) is 1.87. The fraction of sp³-hybridized carbons (Fsp3) is 0. The van der Waals surface area contributed by atoms with Gasteiger partial charge < -0.3 is 0 Å². The highest BCUT2D eigenvalue weighted by atomic mass is 79.9. The van der Waals surface area contributed by atoms with Gasteiger partial charge in [-0.05, 0) is 15.9 Å². The van der Waals surface area contributed by atoms with Crippen LogP contribution in [0.5, 0.6) is 0 Å². The van der Waals surface area contributed by atoms with Crippen LogP contribution in [0.3, 0.4) is 0 Å². The van der Waals surface area contributed by atoms with E-state index in [0.717, 1.165) is 0 Å². The van der Waals surface area contributed by atoms with Crippen molar-refractivity contribution in [1.29, 1.82) is 0 Å². The van der Waals surface area contributed by atoms with Gasteiger partial charge in [0.25, 0.3) is 4.92 Å². The molecule has 1 rings (SSSR count). The minimum Gasteiger partial charge on any atom is -0.241 e. The molecule has 1 aromatic heterocycles. The smallest absolute Gasteiger partial charge is 0.241 e. The summed E-state index contributed by atoms with van der Waals surface area (Å²) in [4.78, 5) is 13.6. The zero-order chi connectivity index (χ0) is 8.43. The minimum absolute atomic E-state index is 0.0290. The lowest BCUT2D eigenvalue weighted by atomic mass is 10.4. The number of hydrogen-bond donors (Lipinski definition) is 1. The largest absolute Gasteiger partial charge is 0.335 e. The van der Waals surface area contributed by atoms with Crippen LogP contribution in [0.25, 0.3) is 0 Å². The van der Waals surface area contributed by atoms with E-state index in [2.05, 4.69) is 20.9 Å². The zero-order valence-electron chi connectivity index (χ0n) is 5.16.